The highest BCUT2D eigenvalue weighted by molar-refractivity contribution is 6.29. The Bertz CT molecular complexity index is 432. The molecule has 5 heteroatoms. The van der Waals surface area contributed by atoms with Gasteiger partial charge in [0.15, 0.2) is 5.78 Å². The number of alkyl halides is 1. The number of amides is 1. The lowest BCUT2D eigenvalue weighted by Crippen LogP contribution is -2.17. The summed E-state index contributed by atoms with van der Waals surface area (Å²) in [5, 5.41) is 2.61. The second-order valence-corrected chi connectivity index (χ2v) is 3.87. The van der Waals surface area contributed by atoms with Gasteiger partial charge in [-0.05, 0) is 24.6 Å². The monoisotopic (exact) mass is 255 g/mol. The number of ether oxygens (including phenoxy) is 1. The molecule has 1 amide bonds. The molecule has 92 valence electrons. The van der Waals surface area contributed by atoms with Gasteiger partial charge in [-0.3, -0.25) is 9.59 Å². The molecule has 0 heterocycles. The molecule has 0 aromatic heterocycles. The average Bonchev–Trinajstić information content (AvgIpc) is 2.31. The number of halogens is 1. The molecular weight excluding hydrogens is 242 g/mol. The van der Waals surface area contributed by atoms with Crippen LogP contribution in [-0.4, -0.2) is 24.7 Å². The maximum absolute atomic E-state index is 11.5. The van der Waals surface area contributed by atoms with Crippen molar-refractivity contribution in [1.29, 1.82) is 0 Å². The van der Waals surface area contributed by atoms with E-state index in [0.717, 1.165) is 5.56 Å². The lowest BCUT2D eigenvalue weighted by atomic mass is 10.2. The summed E-state index contributed by atoms with van der Waals surface area (Å²) < 4.78 is 5.13. The summed E-state index contributed by atoms with van der Waals surface area (Å²) in [7, 11) is 1.52. The van der Waals surface area contributed by atoms with Crippen LogP contribution in [0.5, 0.6) is 5.75 Å². The van der Waals surface area contributed by atoms with Gasteiger partial charge < -0.3 is 10.1 Å². The fraction of sp³-hybridized carbons (Fsp3) is 0.333. The minimum atomic E-state index is -0.391. The first kappa shape index (κ1) is 13.5. The normalized spacial score (nSPS) is 9.82. The molecule has 1 aromatic carbocycles. The van der Waals surface area contributed by atoms with E-state index in [9.17, 15) is 9.59 Å². The van der Waals surface area contributed by atoms with E-state index >= 15 is 0 Å². The Morgan fingerprint density at radius 1 is 1.41 bits per heavy atom. The van der Waals surface area contributed by atoms with Gasteiger partial charge in [-0.15, -0.1) is 11.6 Å². The molecule has 0 unspecified atom stereocenters. The van der Waals surface area contributed by atoms with E-state index in [1.807, 2.05) is 13.0 Å². The van der Waals surface area contributed by atoms with Gasteiger partial charge in [-0.2, -0.15) is 0 Å². The molecule has 0 aliphatic carbocycles. The molecule has 0 radical (unpaired) electrons. The van der Waals surface area contributed by atoms with Crippen molar-refractivity contribution < 1.29 is 14.3 Å². The number of benzene rings is 1. The number of hydrogen-bond donors (Lipinski definition) is 1. The van der Waals surface area contributed by atoms with Crippen LogP contribution in [0.3, 0.4) is 0 Å². The average molecular weight is 256 g/mol. The Kier molecular flexibility index (Phi) is 4.97. The minimum absolute atomic E-state index is 0.154. The van der Waals surface area contributed by atoms with E-state index in [2.05, 4.69) is 5.32 Å². The highest BCUT2D eigenvalue weighted by Crippen LogP contribution is 2.25. The van der Waals surface area contributed by atoms with E-state index in [1.165, 1.54) is 7.11 Å². The van der Waals surface area contributed by atoms with E-state index in [1.54, 1.807) is 12.1 Å². The first-order chi connectivity index (χ1) is 8.06. The second-order valence-electron chi connectivity index (χ2n) is 3.60. The highest BCUT2D eigenvalue weighted by atomic mass is 35.5. The predicted molar refractivity (Wildman–Crippen MR) is 66.7 cm³/mol. The Morgan fingerprint density at radius 3 is 2.71 bits per heavy atom. The minimum Gasteiger partial charge on any atom is -0.495 e. The molecule has 0 atom stereocenters. The van der Waals surface area contributed by atoms with Crippen LogP contribution in [0.2, 0.25) is 0 Å². The number of carbonyl (C=O) groups excluding carboxylic acids is 2. The number of rotatable bonds is 5. The SMILES string of the molecule is COc1cc(C)ccc1NC(=O)CC(=O)CCl. The Morgan fingerprint density at radius 2 is 2.12 bits per heavy atom. The number of Topliss-reactive ketones (excluding diaryl/α,β-unsaturated/α-hetero) is 1. The zero-order chi connectivity index (χ0) is 12.8. The molecule has 1 N–H and O–H groups in total. The van der Waals surface area contributed by atoms with Crippen molar-refractivity contribution in [2.24, 2.45) is 0 Å². The van der Waals surface area contributed by atoms with Crippen LogP contribution >= 0.6 is 11.6 Å². The Labute approximate surface area is 105 Å². The molecule has 0 saturated heterocycles. The van der Waals surface area contributed by atoms with Gasteiger partial charge in [0.25, 0.3) is 0 Å². The molecular formula is C12H14ClNO3. The molecule has 0 fully saturated rings. The molecule has 0 spiro atoms. The van der Waals surface area contributed by atoms with Crippen LogP contribution in [0.25, 0.3) is 0 Å². The van der Waals surface area contributed by atoms with Crippen molar-refractivity contribution in [3.05, 3.63) is 23.8 Å². The number of anilines is 1. The van der Waals surface area contributed by atoms with Crippen LogP contribution in [0.15, 0.2) is 18.2 Å². The maximum atomic E-state index is 11.5. The highest BCUT2D eigenvalue weighted by Gasteiger charge is 2.11. The topological polar surface area (TPSA) is 55.4 Å². The van der Waals surface area contributed by atoms with Gasteiger partial charge in [-0.1, -0.05) is 6.07 Å². The van der Waals surface area contributed by atoms with Crippen LogP contribution in [-0.2, 0) is 9.59 Å². The van der Waals surface area contributed by atoms with Crippen molar-refractivity contribution in [2.75, 3.05) is 18.3 Å². The summed E-state index contributed by atoms with van der Waals surface area (Å²) in [6.45, 7) is 1.92. The predicted octanol–water partition coefficient (Wildman–Crippen LogP) is 2.14. The summed E-state index contributed by atoms with van der Waals surface area (Å²) in [4.78, 5) is 22.5. The van der Waals surface area contributed by atoms with Crippen LogP contribution in [0.1, 0.15) is 12.0 Å². The Hall–Kier alpha value is -1.55. The number of hydrogen-bond acceptors (Lipinski definition) is 3. The van der Waals surface area contributed by atoms with Crippen LogP contribution in [0.4, 0.5) is 5.69 Å². The molecule has 17 heavy (non-hydrogen) atoms. The zero-order valence-corrected chi connectivity index (χ0v) is 10.5. The number of ketones is 1. The van der Waals surface area contributed by atoms with Gasteiger partial charge in [-0.25, -0.2) is 0 Å². The summed E-state index contributed by atoms with van der Waals surface area (Å²) in [6.07, 6.45) is -0.222. The lowest BCUT2D eigenvalue weighted by molar-refractivity contribution is -0.124. The summed E-state index contributed by atoms with van der Waals surface area (Å²) in [6, 6.07) is 5.39. The lowest BCUT2D eigenvalue weighted by Gasteiger charge is -2.10. The number of aryl methyl sites for hydroxylation is 1. The molecule has 0 saturated carbocycles. The quantitative estimate of drug-likeness (QED) is 0.648. The second kappa shape index (κ2) is 6.25. The summed E-state index contributed by atoms with van der Waals surface area (Å²) in [5.74, 6) is -0.289. The van der Waals surface area contributed by atoms with Gasteiger partial charge in [0.1, 0.15) is 5.75 Å². The summed E-state index contributed by atoms with van der Waals surface area (Å²) >= 11 is 5.32. The molecule has 0 aliphatic rings. The number of methoxy groups -OCH3 is 1. The van der Waals surface area contributed by atoms with E-state index in [4.69, 9.17) is 16.3 Å². The standard InChI is InChI=1S/C12H14ClNO3/c1-8-3-4-10(11(5-8)17-2)14-12(16)6-9(15)7-13/h3-5H,6-7H2,1-2H3,(H,14,16). The van der Waals surface area contributed by atoms with Crippen molar-refractivity contribution in [2.45, 2.75) is 13.3 Å². The molecule has 1 aromatic rings. The third-order valence-corrected chi connectivity index (χ3v) is 2.44. The maximum Gasteiger partial charge on any atom is 0.231 e. The van der Waals surface area contributed by atoms with Crippen molar-refractivity contribution in [3.63, 3.8) is 0 Å². The van der Waals surface area contributed by atoms with Crippen molar-refractivity contribution in [3.8, 4) is 5.75 Å². The third-order valence-electron chi connectivity index (χ3n) is 2.14. The number of nitrogens with one attached hydrogen (secondary N) is 1. The molecule has 1 rings (SSSR count). The van der Waals surface area contributed by atoms with E-state index < -0.39 is 5.91 Å². The third kappa shape index (κ3) is 4.07. The van der Waals surface area contributed by atoms with Gasteiger partial charge in [0.05, 0.1) is 25.1 Å². The van der Waals surface area contributed by atoms with Crippen molar-refractivity contribution >= 4 is 29.0 Å². The largest absolute Gasteiger partial charge is 0.495 e. The van der Waals surface area contributed by atoms with Gasteiger partial charge in [0.2, 0.25) is 5.91 Å². The smallest absolute Gasteiger partial charge is 0.231 e. The van der Waals surface area contributed by atoms with E-state index in [-0.39, 0.29) is 18.1 Å². The number of carbonyl (C=O) groups is 2. The van der Waals surface area contributed by atoms with Gasteiger partial charge >= 0.3 is 0 Å². The summed E-state index contributed by atoms with van der Waals surface area (Å²) in [5.41, 5.74) is 1.57. The molecule has 0 aliphatic heterocycles. The first-order valence-corrected chi connectivity index (χ1v) is 5.62. The fourth-order valence-electron chi connectivity index (χ4n) is 1.32. The molecule has 4 nitrogen and oxygen atoms in total. The van der Waals surface area contributed by atoms with Crippen molar-refractivity contribution in [1.82, 2.24) is 0 Å². The van der Waals surface area contributed by atoms with Gasteiger partial charge in [0, 0.05) is 0 Å². The van der Waals surface area contributed by atoms with Crippen LogP contribution in [0, 0.1) is 6.92 Å². The zero-order valence-electron chi connectivity index (χ0n) is 9.75. The van der Waals surface area contributed by atoms with E-state index in [0.29, 0.717) is 11.4 Å². The molecule has 0 bridgehead atoms. The fourth-order valence-corrected chi connectivity index (χ4v) is 1.42. The Balaban J connectivity index is 2.74. The first-order valence-electron chi connectivity index (χ1n) is 5.09. The van der Waals surface area contributed by atoms with Crippen LogP contribution < -0.4 is 10.1 Å².